The molecule has 2 aromatic rings. The van der Waals surface area contributed by atoms with Gasteiger partial charge in [0.25, 0.3) is 0 Å². The largest absolute Gasteiger partial charge is 0.478 e. The molecule has 2 aromatic carbocycles. The number of benzene rings is 2. The Hall–Kier alpha value is -2.62. The third kappa shape index (κ3) is 3.96. The molecule has 4 heteroatoms. The molecule has 1 heterocycles. The Labute approximate surface area is 154 Å². The third-order valence-corrected chi connectivity index (χ3v) is 5.20. The fourth-order valence-electron chi connectivity index (χ4n) is 3.59. The zero-order valence-corrected chi connectivity index (χ0v) is 15.3. The zero-order chi connectivity index (χ0) is 18.7. The summed E-state index contributed by atoms with van der Waals surface area (Å²) in [5, 5.41) is 9.21. The highest BCUT2D eigenvalue weighted by Gasteiger charge is 2.29. The van der Waals surface area contributed by atoms with E-state index >= 15 is 0 Å². The minimum atomic E-state index is -0.930. The van der Waals surface area contributed by atoms with Crippen LogP contribution < -0.4 is 0 Å². The van der Waals surface area contributed by atoms with E-state index in [-0.39, 0.29) is 23.3 Å². The van der Waals surface area contributed by atoms with Crippen LogP contribution >= 0.6 is 0 Å². The van der Waals surface area contributed by atoms with Crippen molar-refractivity contribution in [2.24, 2.45) is 11.8 Å². The molecule has 136 valence electrons. The van der Waals surface area contributed by atoms with Crippen molar-refractivity contribution in [2.45, 2.75) is 33.2 Å². The van der Waals surface area contributed by atoms with E-state index in [2.05, 4.69) is 26.0 Å². The van der Waals surface area contributed by atoms with E-state index in [0.29, 0.717) is 13.1 Å². The van der Waals surface area contributed by atoms with E-state index in [1.165, 1.54) is 5.56 Å². The molecule has 0 bridgehead atoms. The van der Waals surface area contributed by atoms with Crippen LogP contribution in [0.3, 0.4) is 0 Å². The second-order valence-electron chi connectivity index (χ2n) is 7.34. The monoisotopic (exact) mass is 351 g/mol. The number of amides is 1. The number of carbonyl (C=O) groups is 2. The topological polar surface area (TPSA) is 57.6 Å². The minimum Gasteiger partial charge on any atom is -0.478 e. The average Bonchev–Trinajstić information content (AvgIpc) is 2.65. The Balaban J connectivity index is 1.78. The first-order valence-electron chi connectivity index (χ1n) is 9.13. The molecular weight excluding hydrogens is 326 g/mol. The lowest BCUT2D eigenvalue weighted by atomic mass is 9.87. The van der Waals surface area contributed by atoms with Gasteiger partial charge >= 0.3 is 5.97 Å². The van der Waals surface area contributed by atoms with Gasteiger partial charge in [-0.1, -0.05) is 50.2 Å². The number of aromatic carboxylic acids is 1. The molecule has 0 saturated heterocycles. The zero-order valence-electron chi connectivity index (χ0n) is 15.3. The van der Waals surface area contributed by atoms with Crippen LogP contribution in [0.25, 0.3) is 0 Å². The van der Waals surface area contributed by atoms with Crippen molar-refractivity contribution in [3.05, 3.63) is 70.8 Å². The van der Waals surface area contributed by atoms with Crippen LogP contribution in [-0.4, -0.2) is 28.4 Å². The normalized spacial score (nSPS) is 14.8. The maximum Gasteiger partial charge on any atom is 0.335 e. The van der Waals surface area contributed by atoms with Gasteiger partial charge in [-0.15, -0.1) is 0 Å². The molecule has 1 aliphatic heterocycles. The standard InChI is InChI=1S/C22H25NO3/c1-15(2)20(12-16-6-4-3-5-7-16)21(24)23-11-10-17-8-9-18(22(25)26)13-19(17)14-23/h3-9,13,15,20H,10-12,14H2,1-2H3,(H,25,26). The second kappa shape index (κ2) is 7.73. The van der Waals surface area contributed by atoms with Crippen molar-refractivity contribution < 1.29 is 14.7 Å². The summed E-state index contributed by atoms with van der Waals surface area (Å²) in [6.07, 6.45) is 1.51. The van der Waals surface area contributed by atoms with E-state index in [1.54, 1.807) is 12.1 Å². The summed E-state index contributed by atoms with van der Waals surface area (Å²) >= 11 is 0. The molecule has 26 heavy (non-hydrogen) atoms. The predicted molar refractivity (Wildman–Crippen MR) is 101 cm³/mol. The van der Waals surface area contributed by atoms with Crippen LogP contribution in [0.2, 0.25) is 0 Å². The summed E-state index contributed by atoms with van der Waals surface area (Å²) in [5.41, 5.74) is 3.54. The molecule has 0 aromatic heterocycles. The molecule has 0 saturated carbocycles. The van der Waals surface area contributed by atoms with Gasteiger partial charge in [-0.2, -0.15) is 0 Å². The SMILES string of the molecule is CC(C)C(Cc1ccccc1)C(=O)N1CCc2ccc(C(=O)O)cc2C1. The molecule has 1 amide bonds. The average molecular weight is 351 g/mol. The number of carbonyl (C=O) groups excluding carboxylic acids is 1. The van der Waals surface area contributed by atoms with E-state index in [4.69, 9.17) is 0 Å². The number of hydrogen-bond acceptors (Lipinski definition) is 2. The number of rotatable bonds is 5. The van der Waals surface area contributed by atoms with Crippen LogP contribution in [0.1, 0.15) is 40.9 Å². The number of carboxylic acids is 1. The first-order chi connectivity index (χ1) is 12.5. The van der Waals surface area contributed by atoms with Gasteiger partial charge in [0.15, 0.2) is 0 Å². The Morgan fingerprint density at radius 2 is 1.81 bits per heavy atom. The van der Waals surface area contributed by atoms with Crippen molar-refractivity contribution in [1.29, 1.82) is 0 Å². The van der Waals surface area contributed by atoms with Crippen molar-refractivity contribution in [2.75, 3.05) is 6.54 Å². The van der Waals surface area contributed by atoms with Gasteiger partial charge < -0.3 is 10.0 Å². The maximum atomic E-state index is 13.2. The number of hydrogen-bond donors (Lipinski definition) is 1. The van der Waals surface area contributed by atoms with E-state index in [1.807, 2.05) is 29.2 Å². The Morgan fingerprint density at radius 1 is 1.08 bits per heavy atom. The van der Waals surface area contributed by atoms with Crippen molar-refractivity contribution >= 4 is 11.9 Å². The van der Waals surface area contributed by atoms with Gasteiger partial charge in [-0.3, -0.25) is 4.79 Å². The molecule has 0 spiro atoms. The second-order valence-corrected chi connectivity index (χ2v) is 7.34. The number of fused-ring (bicyclic) bond motifs is 1. The highest BCUT2D eigenvalue weighted by molar-refractivity contribution is 5.88. The Morgan fingerprint density at radius 3 is 2.46 bits per heavy atom. The molecule has 4 nitrogen and oxygen atoms in total. The van der Waals surface area contributed by atoms with Crippen molar-refractivity contribution in [3.63, 3.8) is 0 Å². The molecule has 1 unspecified atom stereocenters. The predicted octanol–water partition coefficient (Wildman–Crippen LogP) is 3.78. The van der Waals surface area contributed by atoms with Crippen molar-refractivity contribution in [1.82, 2.24) is 4.90 Å². The molecule has 0 fully saturated rings. The summed E-state index contributed by atoms with van der Waals surface area (Å²) in [4.78, 5) is 26.3. The lowest BCUT2D eigenvalue weighted by Crippen LogP contribution is -2.42. The summed E-state index contributed by atoms with van der Waals surface area (Å²) in [6.45, 7) is 5.36. The van der Waals surface area contributed by atoms with Crippen LogP contribution in [0, 0.1) is 11.8 Å². The highest BCUT2D eigenvalue weighted by atomic mass is 16.4. The summed E-state index contributed by atoms with van der Waals surface area (Å²) in [7, 11) is 0. The molecule has 1 N–H and O–H groups in total. The molecule has 0 aliphatic carbocycles. The molecular formula is C22H25NO3. The van der Waals surface area contributed by atoms with Gasteiger partial charge in [0, 0.05) is 19.0 Å². The number of nitrogens with zero attached hydrogens (tertiary/aromatic N) is 1. The van der Waals surface area contributed by atoms with Gasteiger partial charge in [0.05, 0.1) is 5.56 Å². The van der Waals surface area contributed by atoms with Crippen LogP contribution in [0.15, 0.2) is 48.5 Å². The molecule has 1 aliphatic rings. The van der Waals surface area contributed by atoms with Gasteiger partial charge in [-0.05, 0) is 47.6 Å². The van der Waals surface area contributed by atoms with Crippen LogP contribution in [0.4, 0.5) is 0 Å². The van der Waals surface area contributed by atoms with Gasteiger partial charge in [-0.25, -0.2) is 4.79 Å². The maximum absolute atomic E-state index is 13.2. The molecule has 1 atom stereocenters. The first kappa shape index (κ1) is 18.2. The van der Waals surface area contributed by atoms with Gasteiger partial charge in [0.1, 0.15) is 0 Å². The molecule has 0 radical (unpaired) electrons. The molecule has 3 rings (SSSR count). The highest BCUT2D eigenvalue weighted by Crippen LogP contribution is 2.25. The minimum absolute atomic E-state index is 0.0680. The Bertz CT molecular complexity index is 798. The lowest BCUT2D eigenvalue weighted by molar-refractivity contribution is -0.137. The fraction of sp³-hybridized carbons (Fsp3) is 0.364. The quantitative estimate of drug-likeness (QED) is 0.892. The van der Waals surface area contributed by atoms with Crippen LogP contribution in [-0.2, 0) is 24.2 Å². The first-order valence-corrected chi connectivity index (χ1v) is 9.13. The Kier molecular flexibility index (Phi) is 5.40. The van der Waals surface area contributed by atoms with E-state index in [0.717, 1.165) is 24.0 Å². The lowest BCUT2D eigenvalue weighted by Gasteiger charge is -2.33. The number of carboxylic acid groups (broad SMARTS) is 1. The smallest absolute Gasteiger partial charge is 0.335 e. The summed E-state index contributed by atoms with van der Waals surface area (Å²) in [5.74, 6) is -0.591. The van der Waals surface area contributed by atoms with E-state index in [9.17, 15) is 14.7 Å². The fourth-order valence-corrected chi connectivity index (χ4v) is 3.59. The third-order valence-electron chi connectivity index (χ3n) is 5.20. The summed E-state index contributed by atoms with van der Waals surface area (Å²) < 4.78 is 0. The van der Waals surface area contributed by atoms with Gasteiger partial charge in [0.2, 0.25) is 5.91 Å². The van der Waals surface area contributed by atoms with E-state index < -0.39 is 5.97 Å². The summed E-state index contributed by atoms with van der Waals surface area (Å²) in [6, 6.07) is 15.3. The van der Waals surface area contributed by atoms with Crippen LogP contribution in [0.5, 0.6) is 0 Å². The van der Waals surface area contributed by atoms with Crippen molar-refractivity contribution in [3.8, 4) is 0 Å².